The number of hydrogen-bond donors (Lipinski definition) is 3. The lowest BCUT2D eigenvalue weighted by atomic mass is 10.2. The number of carbonyl (C=O) groups is 2. The zero-order valence-electron chi connectivity index (χ0n) is 14.1. The number of rotatable bonds is 7. The van der Waals surface area contributed by atoms with Crippen molar-refractivity contribution >= 4 is 28.0 Å². The van der Waals surface area contributed by atoms with Crippen LogP contribution in [0.2, 0.25) is 0 Å². The van der Waals surface area contributed by atoms with E-state index in [1.165, 1.54) is 12.2 Å². The standard InChI is InChI=1S/C14H21N3O7S/c1-9(7-24-25(3,21)22)6-17(14(19)20)10(2)4-5-11-13(15)16-12(18)8-23-11/h4-5,9H,6-8H2,1-3H3,(H,19,20)(H2,15,16,18)/b10-4+,11-5+/t9-/m1/s1. The normalized spacial score (nSPS) is 18.5. The lowest BCUT2D eigenvalue weighted by Crippen LogP contribution is -2.40. The second-order valence-electron chi connectivity index (χ2n) is 5.54. The second kappa shape index (κ2) is 8.62. The van der Waals surface area contributed by atoms with Gasteiger partial charge in [-0.2, -0.15) is 8.42 Å². The molecule has 0 aliphatic carbocycles. The van der Waals surface area contributed by atoms with Gasteiger partial charge in [0.05, 0.1) is 12.9 Å². The van der Waals surface area contributed by atoms with Gasteiger partial charge in [0.1, 0.15) is 0 Å². The third-order valence-electron chi connectivity index (χ3n) is 3.06. The van der Waals surface area contributed by atoms with Crippen LogP contribution in [0.25, 0.3) is 0 Å². The van der Waals surface area contributed by atoms with Gasteiger partial charge in [0.2, 0.25) is 0 Å². The number of morpholine rings is 1. The Balaban J connectivity index is 2.78. The van der Waals surface area contributed by atoms with Crippen molar-refractivity contribution in [1.29, 1.82) is 5.41 Å². The second-order valence-corrected chi connectivity index (χ2v) is 7.18. The van der Waals surface area contributed by atoms with Crippen molar-refractivity contribution in [3.63, 3.8) is 0 Å². The van der Waals surface area contributed by atoms with Gasteiger partial charge >= 0.3 is 6.09 Å². The third kappa shape index (κ3) is 7.35. The van der Waals surface area contributed by atoms with Crippen LogP contribution < -0.4 is 5.32 Å². The van der Waals surface area contributed by atoms with Crippen molar-refractivity contribution in [3.05, 3.63) is 23.6 Å². The fraction of sp³-hybridized carbons (Fsp3) is 0.500. The maximum Gasteiger partial charge on any atom is 0.411 e. The zero-order chi connectivity index (χ0) is 19.2. The highest BCUT2D eigenvalue weighted by Crippen LogP contribution is 2.12. The molecule has 10 nitrogen and oxygen atoms in total. The van der Waals surface area contributed by atoms with E-state index in [9.17, 15) is 23.1 Å². The minimum atomic E-state index is -3.60. The van der Waals surface area contributed by atoms with Crippen LogP contribution in [0.1, 0.15) is 13.8 Å². The van der Waals surface area contributed by atoms with Gasteiger partial charge in [-0.3, -0.25) is 19.3 Å². The number of ether oxygens (including phenoxy) is 1. The highest BCUT2D eigenvalue weighted by molar-refractivity contribution is 7.85. The molecule has 140 valence electrons. The van der Waals surface area contributed by atoms with Crippen LogP contribution in [0.3, 0.4) is 0 Å². The largest absolute Gasteiger partial charge is 0.480 e. The molecule has 1 aliphatic heterocycles. The van der Waals surface area contributed by atoms with Crippen molar-refractivity contribution in [1.82, 2.24) is 10.2 Å². The molecular formula is C14H21N3O7S. The molecule has 1 atom stereocenters. The zero-order valence-corrected chi connectivity index (χ0v) is 14.9. The number of amides is 2. The number of amidine groups is 1. The van der Waals surface area contributed by atoms with E-state index in [0.717, 1.165) is 11.2 Å². The number of nitrogens with one attached hydrogen (secondary N) is 2. The van der Waals surface area contributed by atoms with Crippen molar-refractivity contribution < 1.29 is 32.0 Å². The molecule has 0 aromatic rings. The predicted molar refractivity (Wildman–Crippen MR) is 88.4 cm³/mol. The van der Waals surface area contributed by atoms with Crippen LogP contribution in [-0.4, -0.2) is 62.3 Å². The maximum absolute atomic E-state index is 11.4. The molecule has 1 heterocycles. The molecular weight excluding hydrogens is 354 g/mol. The highest BCUT2D eigenvalue weighted by atomic mass is 32.2. The Bertz CT molecular complexity index is 712. The number of nitrogens with zero attached hydrogens (tertiary/aromatic N) is 1. The van der Waals surface area contributed by atoms with E-state index in [0.29, 0.717) is 5.70 Å². The summed E-state index contributed by atoms with van der Waals surface area (Å²) in [5, 5.41) is 19.2. The topological polar surface area (TPSA) is 146 Å². The summed E-state index contributed by atoms with van der Waals surface area (Å²) in [5.74, 6) is -0.907. The van der Waals surface area contributed by atoms with Crippen LogP contribution in [0.15, 0.2) is 23.6 Å². The van der Waals surface area contributed by atoms with Gasteiger partial charge in [-0.05, 0) is 25.0 Å². The smallest absolute Gasteiger partial charge is 0.411 e. The Kier molecular flexibility index (Phi) is 7.12. The molecule has 0 aromatic heterocycles. The molecule has 0 saturated carbocycles. The minimum absolute atomic E-state index is 0.0192. The SMILES string of the molecule is C/C(=C\C=C1\OCC(=O)NC1=N)N(C[C@@H](C)COS(C)(=O)=O)C(=O)O. The first kappa shape index (κ1) is 20.6. The van der Waals surface area contributed by atoms with E-state index >= 15 is 0 Å². The summed E-state index contributed by atoms with van der Waals surface area (Å²) in [6, 6.07) is 0. The summed E-state index contributed by atoms with van der Waals surface area (Å²) in [5.41, 5.74) is 0.333. The van der Waals surface area contributed by atoms with Crippen LogP contribution >= 0.6 is 0 Å². The van der Waals surface area contributed by atoms with Gasteiger partial charge in [-0.15, -0.1) is 0 Å². The van der Waals surface area contributed by atoms with Crippen LogP contribution in [0, 0.1) is 11.3 Å². The molecule has 1 saturated heterocycles. The first-order chi connectivity index (χ1) is 11.5. The van der Waals surface area contributed by atoms with Gasteiger partial charge in [0, 0.05) is 12.2 Å². The molecule has 1 rings (SSSR count). The number of allylic oxidation sites excluding steroid dienone is 3. The summed E-state index contributed by atoms with van der Waals surface area (Å²) < 4.78 is 31.7. The van der Waals surface area contributed by atoms with Crippen LogP contribution in [0.5, 0.6) is 0 Å². The Hall–Kier alpha value is -2.40. The molecule has 0 aromatic carbocycles. The fourth-order valence-electron chi connectivity index (χ4n) is 1.85. The highest BCUT2D eigenvalue weighted by Gasteiger charge is 2.20. The molecule has 0 spiro atoms. The van der Waals surface area contributed by atoms with Crippen molar-refractivity contribution in [2.24, 2.45) is 5.92 Å². The molecule has 0 radical (unpaired) electrons. The number of hydrogen-bond acceptors (Lipinski definition) is 7. The summed E-state index contributed by atoms with van der Waals surface area (Å²) >= 11 is 0. The van der Waals surface area contributed by atoms with Crippen molar-refractivity contribution in [2.45, 2.75) is 13.8 Å². The Morgan fingerprint density at radius 3 is 2.72 bits per heavy atom. The van der Waals surface area contributed by atoms with E-state index in [2.05, 4.69) is 9.50 Å². The van der Waals surface area contributed by atoms with E-state index in [1.807, 2.05) is 0 Å². The lowest BCUT2D eigenvalue weighted by Gasteiger charge is -2.23. The third-order valence-corrected chi connectivity index (χ3v) is 3.63. The van der Waals surface area contributed by atoms with E-state index in [-0.39, 0.29) is 37.3 Å². The summed E-state index contributed by atoms with van der Waals surface area (Å²) in [4.78, 5) is 23.5. The maximum atomic E-state index is 11.4. The lowest BCUT2D eigenvalue weighted by molar-refractivity contribution is -0.123. The van der Waals surface area contributed by atoms with Crippen molar-refractivity contribution in [3.8, 4) is 0 Å². The van der Waals surface area contributed by atoms with Gasteiger partial charge in [-0.25, -0.2) is 4.79 Å². The molecule has 3 N–H and O–H groups in total. The van der Waals surface area contributed by atoms with Gasteiger partial charge in [0.15, 0.2) is 18.2 Å². The minimum Gasteiger partial charge on any atom is -0.480 e. The van der Waals surface area contributed by atoms with Crippen LogP contribution in [-0.2, 0) is 23.8 Å². The van der Waals surface area contributed by atoms with Crippen LogP contribution in [0.4, 0.5) is 4.79 Å². The van der Waals surface area contributed by atoms with Gasteiger partial charge in [0.25, 0.3) is 16.0 Å². The van der Waals surface area contributed by atoms with E-state index in [4.69, 9.17) is 10.1 Å². The molecule has 1 fully saturated rings. The molecule has 25 heavy (non-hydrogen) atoms. The quantitative estimate of drug-likeness (QED) is 0.549. The van der Waals surface area contributed by atoms with Crippen molar-refractivity contribution in [2.75, 3.05) is 26.0 Å². The monoisotopic (exact) mass is 375 g/mol. The first-order valence-electron chi connectivity index (χ1n) is 7.24. The Morgan fingerprint density at radius 1 is 1.56 bits per heavy atom. The average molecular weight is 375 g/mol. The molecule has 0 bridgehead atoms. The predicted octanol–water partition coefficient (Wildman–Crippen LogP) is 0.490. The van der Waals surface area contributed by atoms with Gasteiger partial charge < -0.3 is 15.2 Å². The molecule has 0 unspecified atom stereocenters. The number of carbonyl (C=O) groups excluding carboxylic acids is 1. The van der Waals surface area contributed by atoms with Gasteiger partial charge in [-0.1, -0.05) is 6.92 Å². The molecule has 1 aliphatic rings. The van der Waals surface area contributed by atoms with E-state index < -0.39 is 22.1 Å². The summed E-state index contributed by atoms with van der Waals surface area (Å²) in [6.07, 6.45) is 2.51. The molecule has 2 amide bonds. The number of carboxylic acid groups (broad SMARTS) is 1. The fourth-order valence-corrected chi connectivity index (χ4v) is 2.33. The average Bonchev–Trinajstić information content (AvgIpc) is 2.48. The summed E-state index contributed by atoms with van der Waals surface area (Å²) in [7, 11) is -3.60. The Labute approximate surface area is 145 Å². The summed E-state index contributed by atoms with van der Waals surface area (Å²) in [6.45, 7) is 2.86. The first-order valence-corrected chi connectivity index (χ1v) is 9.06. The van der Waals surface area contributed by atoms with E-state index in [1.54, 1.807) is 13.8 Å². The molecule has 11 heteroatoms. The Morgan fingerprint density at radius 2 is 2.20 bits per heavy atom.